The molecule has 13 heteroatoms. The molecule has 69 heavy (non-hydrogen) atoms. The second-order valence-electron chi connectivity index (χ2n) is 15.3. The Bertz CT molecular complexity index is 3630. The van der Waals surface area contributed by atoms with E-state index in [1.54, 1.807) is 29.1 Å². The molecule has 0 aliphatic heterocycles. The van der Waals surface area contributed by atoms with Crippen LogP contribution >= 0.6 is 39.1 Å². The molecule has 2 N–H and O–H groups in total. The topological polar surface area (TPSA) is 120 Å². The third-order valence-corrected chi connectivity index (χ3v) is 12.4. The molecule has 0 saturated heterocycles. The summed E-state index contributed by atoms with van der Waals surface area (Å²) in [5.74, 6) is -0.182. The minimum Gasteiger partial charge on any atom is -0.390 e. The highest BCUT2D eigenvalue weighted by atomic mass is 79.9. The molecular weight excluding hydrogens is 967 g/mol. The van der Waals surface area contributed by atoms with Crippen LogP contribution in [-0.4, -0.2) is 49.5 Å². The smallest absolute Gasteiger partial charge is 0.205 e. The number of hydrogen-bond donors (Lipinski definition) is 2. The molecule has 0 bridgehead atoms. The molecule has 0 aliphatic rings. The number of nitrogens with zero attached hydrogens (tertiary/aromatic N) is 8. The zero-order valence-electron chi connectivity index (χ0n) is 52.7. The zero-order valence-corrected chi connectivity index (χ0v) is 39.8. The Morgan fingerprint density at radius 1 is 0.580 bits per heavy atom. The average molecular weight is 1040 g/mol. The number of aliphatic hydroxyl groups excluding tert-OH is 2. The molecule has 0 saturated carbocycles. The largest absolute Gasteiger partial charge is 0.390 e. The van der Waals surface area contributed by atoms with Crippen LogP contribution in [0.3, 0.4) is 0 Å². The molecule has 0 fully saturated rings. The summed E-state index contributed by atoms with van der Waals surface area (Å²) in [6, 6.07) is 52.3. The summed E-state index contributed by atoms with van der Waals surface area (Å²) < 4.78 is 130. The van der Waals surface area contributed by atoms with Crippen molar-refractivity contribution in [3.63, 3.8) is 0 Å². The molecule has 0 amide bonds. The first-order valence-electron chi connectivity index (χ1n) is 29.6. The maximum atomic E-state index is 10.2. The van der Waals surface area contributed by atoms with Gasteiger partial charge < -0.3 is 19.3 Å². The number of aliphatic hydroxyl groups is 2. The number of tetrazole rings is 1. The summed E-state index contributed by atoms with van der Waals surface area (Å²) in [5.41, 5.74) is 5.87. The number of benzene rings is 6. The Hall–Kier alpha value is -6.21. The van der Waals surface area contributed by atoms with Gasteiger partial charge in [0.2, 0.25) is 5.82 Å². The standard InChI is InChI=1S/C41H37ClN6O.C15H18BrClN2O/c1-2-3-23-38-43-39(42)37(29-49)47(38)28-30-24-26-31(27-25-30)35-21-13-14-22-36(35)40-44-46-48(45-40)41(32-15-7-4-8-16-32,33-17-9-5-10-18-33)34-19-11-6-12-20-34;1-2-3-4-14-18-15(17)13(10-20)19(14)9-11-5-7-12(16)8-6-11/h4-22,24-27,49H,2-3,23,28-29H2,1H3;5-8,20H,2-4,9-10H2,1H3/i1D3,2D2,3D2,23D;1D3,2D2,3D2,4D. The summed E-state index contributed by atoms with van der Waals surface area (Å²) in [7, 11) is 0. The quantitative estimate of drug-likeness (QED) is 0.0821. The highest BCUT2D eigenvalue weighted by Gasteiger charge is 2.41. The van der Waals surface area contributed by atoms with Crippen LogP contribution in [0.15, 0.2) is 168 Å². The minimum absolute atomic E-state index is 0.0223. The number of rotatable bonds is 18. The summed E-state index contributed by atoms with van der Waals surface area (Å²) in [5, 5.41) is 33.9. The molecule has 0 radical (unpaired) electrons. The summed E-state index contributed by atoms with van der Waals surface area (Å²) in [6.07, 6.45) is -17.1. The van der Waals surface area contributed by atoms with Crippen molar-refractivity contribution in [3.8, 4) is 22.5 Å². The van der Waals surface area contributed by atoms with Gasteiger partial charge in [-0.25, -0.2) is 9.97 Å². The van der Waals surface area contributed by atoms with Crippen LogP contribution in [0.25, 0.3) is 22.5 Å². The van der Waals surface area contributed by atoms with Gasteiger partial charge in [0.15, 0.2) is 15.8 Å². The molecule has 2 atom stereocenters. The first-order chi connectivity index (χ1) is 39.9. The maximum absolute atomic E-state index is 10.2. The third kappa shape index (κ3) is 11.0. The number of hydrogen-bond acceptors (Lipinski definition) is 7. The average Bonchev–Trinajstić information content (AvgIpc) is 1.85. The SMILES string of the molecule is [2H]C(c1nc(Cl)c(CO)n1Cc1ccc(-c2ccccc2-c2nnn(C(c3ccccc3)(c3ccccc3)c3ccccc3)n2)cc1)C([2H])([2H])C([2H])([2H])C([2H])([2H])[2H].[2H]C(c1nc(Cl)c(CO)n1Cc1ccc(Br)cc1)C([2H])([2H])C([2H])([2H])C([2H])([2H])[2H]. The number of halogens is 3. The minimum atomic E-state index is -3.39. The van der Waals surface area contributed by atoms with E-state index in [1.165, 1.54) is 9.13 Å². The van der Waals surface area contributed by atoms with Gasteiger partial charge in [0, 0.05) is 57.9 Å². The van der Waals surface area contributed by atoms with E-state index in [1.807, 2.05) is 103 Å². The highest BCUT2D eigenvalue weighted by Crippen LogP contribution is 2.40. The lowest BCUT2D eigenvalue weighted by Crippen LogP contribution is -2.39. The zero-order chi connectivity index (χ0) is 62.1. The van der Waals surface area contributed by atoms with Gasteiger partial charge >= 0.3 is 0 Å². The van der Waals surface area contributed by atoms with Crippen LogP contribution in [0.5, 0.6) is 0 Å². The van der Waals surface area contributed by atoms with Crippen LogP contribution in [0, 0.1) is 0 Å². The molecule has 3 aromatic heterocycles. The predicted octanol–water partition coefficient (Wildman–Crippen LogP) is 12.8. The van der Waals surface area contributed by atoms with E-state index < -0.39 is 70.7 Å². The van der Waals surface area contributed by atoms with Gasteiger partial charge in [-0.15, -0.1) is 15.0 Å². The Morgan fingerprint density at radius 3 is 1.46 bits per heavy atom. The molecule has 10 nitrogen and oxygen atoms in total. The fraction of sp³-hybridized carbons (Fsp3) is 0.232. The van der Waals surface area contributed by atoms with Gasteiger partial charge in [0.25, 0.3) is 0 Å². The first kappa shape index (κ1) is 32.6. The van der Waals surface area contributed by atoms with Crippen molar-refractivity contribution < 1.29 is 32.1 Å². The molecule has 9 rings (SSSR count). The van der Waals surface area contributed by atoms with Gasteiger partial charge in [-0.3, -0.25) is 0 Å². The van der Waals surface area contributed by atoms with Crippen molar-refractivity contribution in [2.75, 3.05) is 0 Å². The second kappa shape index (κ2) is 23.4. The van der Waals surface area contributed by atoms with E-state index in [9.17, 15) is 10.2 Å². The number of imidazole rings is 2. The lowest BCUT2D eigenvalue weighted by Gasteiger charge is -2.34. The van der Waals surface area contributed by atoms with E-state index in [0.717, 1.165) is 43.4 Å². The molecule has 352 valence electrons. The molecule has 9 aromatic rings. The van der Waals surface area contributed by atoms with Crippen LogP contribution in [0.1, 0.15) is 112 Å². The summed E-state index contributed by atoms with van der Waals surface area (Å²) in [6.45, 7) is -7.73. The Balaban J connectivity index is 0.000000282. The molecule has 0 spiro atoms. The highest BCUT2D eigenvalue weighted by molar-refractivity contribution is 9.10. The van der Waals surface area contributed by atoms with E-state index >= 15 is 0 Å². The second-order valence-corrected chi connectivity index (χ2v) is 16.9. The van der Waals surface area contributed by atoms with Crippen molar-refractivity contribution in [2.24, 2.45) is 0 Å². The van der Waals surface area contributed by atoms with Crippen molar-refractivity contribution in [1.82, 2.24) is 39.3 Å². The van der Waals surface area contributed by atoms with Gasteiger partial charge in [-0.1, -0.05) is 217 Å². The lowest BCUT2D eigenvalue weighted by atomic mass is 9.77. The van der Waals surface area contributed by atoms with E-state index in [-0.39, 0.29) is 46.4 Å². The third-order valence-electron chi connectivity index (χ3n) is 11.3. The number of aromatic nitrogens is 8. The predicted molar refractivity (Wildman–Crippen MR) is 279 cm³/mol. The first-order valence-corrected chi connectivity index (χ1v) is 23.0. The lowest BCUT2D eigenvalue weighted by molar-refractivity contribution is 0.271. The van der Waals surface area contributed by atoms with E-state index in [2.05, 4.69) is 67.4 Å². The van der Waals surface area contributed by atoms with Crippen molar-refractivity contribution in [3.05, 3.63) is 229 Å². The van der Waals surface area contributed by atoms with Crippen molar-refractivity contribution >= 4 is 39.1 Å². The van der Waals surface area contributed by atoms with Gasteiger partial charge in [0.05, 0.1) is 24.6 Å². The molecule has 6 aromatic carbocycles. The molecule has 0 aliphatic carbocycles. The van der Waals surface area contributed by atoms with Crippen molar-refractivity contribution in [2.45, 2.75) is 83.8 Å². The van der Waals surface area contributed by atoms with Gasteiger partial charge in [-0.2, -0.15) is 0 Å². The Morgan fingerprint density at radius 2 is 1.01 bits per heavy atom. The van der Waals surface area contributed by atoms with Crippen LogP contribution in [0.4, 0.5) is 0 Å². The monoisotopic (exact) mass is 1040 g/mol. The van der Waals surface area contributed by atoms with E-state index in [4.69, 9.17) is 55.4 Å². The number of aryl methyl sites for hydroxylation is 2. The normalized spacial score (nSPS) is 16.9. The fourth-order valence-electron chi connectivity index (χ4n) is 8.05. The van der Waals surface area contributed by atoms with Crippen LogP contribution in [0.2, 0.25) is 10.3 Å². The summed E-state index contributed by atoms with van der Waals surface area (Å²) >= 11 is 15.7. The Kier molecular flexibility index (Phi) is 11.0. The summed E-state index contributed by atoms with van der Waals surface area (Å²) in [4.78, 5) is 9.70. The molecule has 3 heterocycles. The maximum Gasteiger partial charge on any atom is 0.205 e. The van der Waals surface area contributed by atoms with Crippen LogP contribution < -0.4 is 0 Å². The molecule has 2 unspecified atom stereocenters. The fourth-order valence-corrected chi connectivity index (χ4v) is 8.81. The Labute approximate surface area is 444 Å². The van der Waals surface area contributed by atoms with E-state index in [0.29, 0.717) is 11.4 Å². The van der Waals surface area contributed by atoms with Gasteiger partial charge in [-0.05, 0) is 69.0 Å². The van der Waals surface area contributed by atoms with Crippen molar-refractivity contribution in [1.29, 1.82) is 0 Å². The molecular formula is C56H55BrCl2N8O2. The van der Waals surface area contributed by atoms with Gasteiger partial charge in [0.1, 0.15) is 11.6 Å². The van der Waals surface area contributed by atoms with Crippen LogP contribution in [-0.2, 0) is 44.6 Å².